The van der Waals surface area contributed by atoms with E-state index < -0.39 is 23.4 Å². The van der Waals surface area contributed by atoms with Gasteiger partial charge in [-0.2, -0.15) is 23.4 Å². The fraction of sp³-hybridized carbons (Fsp3) is 0.333. The van der Waals surface area contributed by atoms with Gasteiger partial charge < -0.3 is 10.4 Å². The summed E-state index contributed by atoms with van der Waals surface area (Å²) >= 11 is 0. The topological polar surface area (TPSA) is 97.9 Å². The first-order chi connectivity index (χ1) is 16.5. The van der Waals surface area contributed by atoms with Crippen LogP contribution in [0.5, 0.6) is 0 Å². The average molecular weight is 484 g/mol. The highest BCUT2D eigenvalue weighted by Gasteiger charge is 2.40. The molecule has 0 spiro atoms. The number of anilines is 1. The predicted octanol–water partition coefficient (Wildman–Crippen LogP) is 4.61. The zero-order chi connectivity index (χ0) is 25.0. The van der Waals surface area contributed by atoms with Gasteiger partial charge in [0.05, 0.1) is 28.5 Å². The Balaban J connectivity index is 1.47. The van der Waals surface area contributed by atoms with Crippen molar-refractivity contribution in [2.24, 2.45) is 5.92 Å². The Morgan fingerprint density at radius 1 is 1.17 bits per heavy atom. The van der Waals surface area contributed by atoms with Gasteiger partial charge in [0.2, 0.25) is 0 Å². The molecule has 3 heterocycles. The molecule has 8 nitrogen and oxygen atoms in total. The Kier molecular flexibility index (Phi) is 5.39. The zero-order valence-electron chi connectivity index (χ0n) is 19.0. The number of amides is 1. The van der Waals surface area contributed by atoms with Gasteiger partial charge in [0.1, 0.15) is 11.4 Å². The average Bonchev–Trinajstić information content (AvgIpc) is 3.40. The molecule has 2 N–H and O–H groups in total. The molecule has 1 fully saturated rings. The van der Waals surface area contributed by atoms with E-state index in [1.165, 1.54) is 6.07 Å². The van der Waals surface area contributed by atoms with Crippen LogP contribution in [0.2, 0.25) is 0 Å². The minimum atomic E-state index is -4.66. The number of alkyl halides is 3. The van der Waals surface area contributed by atoms with E-state index in [1.807, 2.05) is 10.9 Å². The second-order valence-corrected chi connectivity index (χ2v) is 9.32. The van der Waals surface area contributed by atoms with E-state index in [0.29, 0.717) is 16.9 Å². The fourth-order valence-electron chi connectivity index (χ4n) is 4.25. The first-order valence-electron chi connectivity index (χ1n) is 11.1. The number of benzene rings is 1. The summed E-state index contributed by atoms with van der Waals surface area (Å²) < 4.78 is 42.5. The highest BCUT2D eigenvalue weighted by atomic mass is 19.4. The maximum absolute atomic E-state index is 13.0. The first kappa shape index (κ1) is 23.0. The quantitative estimate of drug-likeness (QED) is 0.431. The van der Waals surface area contributed by atoms with Gasteiger partial charge in [0.25, 0.3) is 5.91 Å². The van der Waals surface area contributed by atoms with E-state index >= 15 is 0 Å². The molecule has 0 aliphatic heterocycles. The van der Waals surface area contributed by atoms with Gasteiger partial charge in [-0.05, 0) is 62.9 Å². The highest BCUT2D eigenvalue weighted by molar-refractivity contribution is 6.05. The number of pyridine rings is 1. The van der Waals surface area contributed by atoms with E-state index in [1.54, 1.807) is 49.1 Å². The Morgan fingerprint density at radius 3 is 2.60 bits per heavy atom. The number of fused-ring (bicyclic) bond motifs is 1. The monoisotopic (exact) mass is 484 g/mol. The third kappa shape index (κ3) is 4.51. The number of hydrogen-bond donors (Lipinski definition) is 2. The SMILES string of the molecule is CC(C)(O)C1CC(n2cc3cc(NC(=O)c4cccc(C(F)(F)F)n4)c(-n4cccn4)cc3n2)C1. The molecular weight excluding hydrogens is 461 g/mol. The van der Waals surface area contributed by atoms with Crippen LogP contribution in [0.25, 0.3) is 16.6 Å². The van der Waals surface area contributed by atoms with E-state index in [-0.39, 0.29) is 17.7 Å². The molecule has 3 aromatic heterocycles. The van der Waals surface area contributed by atoms with Crippen LogP contribution < -0.4 is 5.32 Å². The van der Waals surface area contributed by atoms with Crippen LogP contribution in [0.1, 0.15) is 48.9 Å². The first-order valence-corrected chi connectivity index (χ1v) is 11.1. The molecule has 0 radical (unpaired) electrons. The number of aliphatic hydroxyl groups is 1. The summed E-state index contributed by atoms with van der Waals surface area (Å²) in [6.07, 6.45) is 2.08. The minimum absolute atomic E-state index is 0.152. The van der Waals surface area contributed by atoms with E-state index in [2.05, 4.69) is 20.5 Å². The van der Waals surface area contributed by atoms with Crippen molar-refractivity contribution in [3.63, 3.8) is 0 Å². The van der Waals surface area contributed by atoms with Crippen LogP contribution in [0, 0.1) is 5.92 Å². The predicted molar refractivity (Wildman–Crippen MR) is 122 cm³/mol. The summed E-state index contributed by atoms with van der Waals surface area (Å²) in [4.78, 5) is 16.3. The summed E-state index contributed by atoms with van der Waals surface area (Å²) in [6, 6.07) is 8.53. The number of carbonyl (C=O) groups excluding carboxylic acids is 1. The summed E-state index contributed by atoms with van der Waals surface area (Å²) in [6.45, 7) is 3.61. The van der Waals surface area contributed by atoms with Gasteiger partial charge in [-0.3, -0.25) is 9.48 Å². The van der Waals surface area contributed by atoms with Crippen molar-refractivity contribution in [1.29, 1.82) is 0 Å². The molecular formula is C24H23F3N6O2. The molecule has 4 aromatic rings. The highest BCUT2D eigenvalue weighted by Crippen LogP contribution is 2.44. The molecule has 1 aliphatic carbocycles. The van der Waals surface area contributed by atoms with Gasteiger partial charge in [0.15, 0.2) is 0 Å². The number of halogens is 3. The second-order valence-electron chi connectivity index (χ2n) is 9.32. The van der Waals surface area contributed by atoms with E-state index in [0.717, 1.165) is 30.4 Å². The van der Waals surface area contributed by atoms with Gasteiger partial charge >= 0.3 is 6.18 Å². The van der Waals surface area contributed by atoms with Crippen molar-refractivity contribution in [2.45, 2.75) is 44.5 Å². The van der Waals surface area contributed by atoms with Crippen molar-refractivity contribution in [2.75, 3.05) is 5.32 Å². The van der Waals surface area contributed by atoms with Crippen LogP contribution in [-0.4, -0.2) is 41.2 Å². The lowest BCUT2D eigenvalue weighted by atomic mass is 9.71. The molecule has 0 saturated heterocycles. The van der Waals surface area contributed by atoms with Crippen molar-refractivity contribution in [3.8, 4) is 5.69 Å². The molecule has 1 aliphatic rings. The summed E-state index contributed by atoms with van der Waals surface area (Å²) in [5.74, 6) is -0.586. The lowest BCUT2D eigenvalue weighted by Crippen LogP contribution is -2.41. The molecule has 1 aromatic carbocycles. The third-order valence-electron chi connectivity index (χ3n) is 6.40. The Hall–Kier alpha value is -3.73. The summed E-state index contributed by atoms with van der Waals surface area (Å²) in [7, 11) is 0. The maximum Gasteiger partial charge on any atom is 0.433 e. The standard InChI is InChI=1S/C24H23F3N6O2/c1-23(2,35)15-10-16(11-15)33-13-14-9-19(20(12-18(14)31-33)32-8-4-7-28-32)30-22(34)17-5-3-6-21(29-17)24(25,26)27/h3-9,12-13,15-16,35H,10-11H2,1-2H3,(H,30,34). The number of aromatic nitrogens is 5. The smallest absolute Gasteiger partial charge is 0.390 e. The summed E-state index contributed by atoms with van der Waals surface area (Å²) in [5, 5.41) is 22.6. The third-order valence-corrected chi connectivity index (χ3v) is 6.40. The zero-order valence-corrected chi connectivity index (χ0v) is 19.0. The second kappa shape index (κ2) is 8.19. The molecule has 0 atom stereocenters. The van der Waals surface area contributed by atoms with Gasteiger partial charge in [-0.1, -0.05) is 6.07 Å². The van der Waals surface area contributed by atoms with Crippen molar-refractivity contribution in [3.05, 3.63) is 66.4 Å². The molecule has 35 heavy (non-hydrogen) atoms. The van der Waals surface area contributed by atoms with Crippen molar-refractivity contribution in [1.82, 2.24) is 24.5 Å². The minimum Gasteiger partial charge on any atom is -0.390 e. The molecule has 182 valence electrons. The van der Waals surface area contributed by atoms with E-state index in [9.17, 15) is 23.1 Å². The van der Waals surface area contributed by atoms with Crippen LogP contribution in [0.3, 0.4) is 0 Å². The maximum atomic E-state index is 13.0. The normalized spacial score (nSPS) is 18.5. The van der Waals surface area contributed by atoms with Crippen LogP contribution in [0.4, 0.5) is 18.9 Å². The lowest BCUT2D eigenvalue weighted by molar-refractivity contribution is -0.141. The molecule has 1 saturated carbocycles. The van der Waals surface area contributed by atoms with Crippen molar-refractivity contribution >= 4 is 22.5 Å². The molecule has 1 amide bonds. The van der Waals surface area contributed by atoms with Gasteiger partial charge in [-0.15, -0.1) is 0 Å². The van der Waals surface area contributed by atoms with Gasteiger partial charge in [0, 0.05) is 24.0 Å². The molecule has 11 heteroatoms. The number of rotatable bonds is 5. The Bertz CT molecular complexity index is 1380. The largest absolute Gasteiger partial charge is 0.433 e. The number of nitrogens with zero attached hydrogens (tertiary/aromatic N) is 5. The molecule has 0 bridgehead atoms. The number of hydrogen-bond acceptors (Lipinski definition) is 5. The van der Waals surface area contributed by atoms with Crippen LogP contribution in [-0.2, 0) is 6.18 Å². The Labute approximate surface area is 198 Å². The van der Waals surface area contributed by atoms with E-state index in [4.69, 9.17) is 0 Å². The van der Waals surface area contributed by atoms with Gasteiger partial charge in [-0.25, -0.2) is 9.67 Å². The van der Waals surface area contributed by atoms with Crippen LogP contribution in [0.15, 0.2) is 55.0 Å². The summed E-state index contributed by atoms with van der Waals surface area (Å²) in [5.41, 5.74) is -0.694. The Morgan fingerprint density at radius 2 is 1.94 bits per heavy atom. The number of nitrogens with one attached hydrogen (secondary N) is 1. The van der Waals surface area contributed by atoms with Crippen molar-refractivity contribution < 1.29 is 23.1 Å². The number of carbonyl (C=O) groups is 1. The van der Waals surface area contributed by atoms with Crippen LogP contribution >= 0.6 is 0 Å². The molecule has 0 unspecified atom stereocenters. The fourth-order valence-corrected chi connectivity index (χ4v) is 4.25. The lowest BCUT2D eigenvalue weighted by Gasteiger charge is -2.42. The molecule has 5 rings (SSSR count).